The Balaban J connectivity index is 1.85. The van der Waals surface area contributed by atoms with Crippen molar-refractivity contribution in [2.24, 2.45) is 5.10 Å². The number of anilines is 1. The van der Waals surface area contributed by atoms with Crippen molar-refractivity contribution in [2.45, 2.75) is 13.3 Å². The Kier molecular flexibility index (Phi) is 10.4. The van der Waals surface area contributed by atoms with Crippen molar-refractivity contribution in [1.29, 1.82) is 0 Å². The summed E-state index contributed by atoms with van der Waals surface area (Å²) in [6.07, 6.45) is 1.95. The first-order valence-corrected chi connectivity index (χ1v) is 10.2. The molecule has 0 atom stereocenters. The third-order valence-electron chi connectivity index (χ3n) is 4.28. The van der Waals surface area contributed by atoms with Crippen LogP contribution in [0, 0.1) is 6.92 Å². The lowest BCUT2D eigenvalue weighted by Crippen LogP contribution is -2.38. The number of methoxy groups -OCH3 is 2. The maximum Gasteiger partial charge on any atom is 0.329 e. The van der Waals surface area contributed by atoms with E-state index in [0.29, 0.717) is 42.3 Å². The van der Waals surface area contributed by atoms with Crippen LogP contribution in [0.2, 0.25) is 0 Å². The van der Waals surface area contributed by atoms with Gasteiger partial charge in [-0.3, -0.25) is 14.4 Å². The number of hydrogen-bond donors (Lipinski definition) is 3. The van der Waals surface area contributed by atoms with Gasteiger partial charge >= 0.3 is 11.8 Å². The Morgan fingerprint density at radius 1 is 1.00 bits per heavy atom. The smallest absolute Gasteiger partial charge is 0.329 e. The van der Waals surface area contributed by atoms with Crippen LogP contribution in [0.15, 0.2) is 47.6 Å². The number of nitrogens with zero attached hydrogens (tertiary/aromatic N) is 1. The molecule has 33 heavy (non-hydrogen) atoms. The monoisotopic (exact) mass is 456 g/mol. The Hall–Kier alpha value is -3.92. The molecule has 0 aromatic heterocycles. The molecule has 0 unspecified atom stereocenters. The summed E-state index contributed by atoms with van der Waals surface area (Å²) in [7, 11) is 3.02. The first-order valence-electron chi connectivity index (χ1n) is 10.2. The van der Waals surface area contributed by atoms with Crippen LogP contribution >= 0.6 is 0 Å². The lowest BCUT2D eigenvalue weighted by Gasteiger charge is -2.11. The molecule has 0 aliphatic heterocycles. The van der Waals surface area contributed by atoms with Crippen LogP contribution in [0.4, 0.5) is 5.69 Å². The van der Waals surface area contributed by atoms with E-state index in [-0.39, 0.29) is 12.5 Å². The second-order valence-corrected chi connectivity index (χ2v) is 6.91. The van der Waals surface area contributed by atoms with Crippen molar-refractivity contribution in [3.8, 4) is 11.5 Å². The number of rotatable bonds is 11. The molecule has 0 saturated heterocycles. The summed E-state index contributed by atoms with van der Waals surface area (Å²) in [5.74, 6) is -1.23. The maximum atomic E-state index is 12.1. The molecule has 3 amide bonds. The third kappa shape index (κ3) is 8.99. The molecule has 0 heterocycles. The van der Waals surface area contributed by atoms with E-state index < -0.39 is 11.8 Å². The SMILES string of the molecule is COCCCNC(=O)C(=O)N/N=C\c1ccc(OCC(=O)Nc2ccc(C)cc2)c(OC)c1. The quantitative estimate of drug-likeness (QED) is 0.204. The van der Waals surface area contributed by atoms with Gasteiger partial charge in [0.2, 0.25) is 0 Å². The summed E-state index contributed by atoms with van der Waals surface area (Å²) in [5.41, 5.74) is 4.51. The molecule has 0 aliphatic carbocycles. The first-order chi connectivity index (χ1) is 15.9. The number of carbonyl (C=O) groups is 3. The van der Waals surface area contributed by atoms with Crippen molar-refractivity contribution >= 4 is 29.6 Å². The molecule has 176 valence electrons. The maximum absolute atomic E-state index is 12.1. The highest BCUT2D eigenvalue weighted by atomic mass is 16.5. The number of carbonyl (C=O) groups excluding carboxylic acids is 3. The number of aryl methyl sites for hydroxylation is 1. The first kappa shape index (κ1) is 25.3. The van der Waals surface area contributed by atoms with Crippen molar-refractivity contribution < 1.29 is 28.6 Å². The highest BCUT2D eigenvalue weighted by molar-refractivity contribution is 6.35. The molecule has 0 aliphatic rings. The Morgan fingerprint density at radius 3 is 2.45 bits per heavy atom. The fourth-order valence-corrected chi connectivity index (χ4v) is 2.58. The summed E-state index contributed by atoms with van der Waals surface area (Å²) in [4.78, 5) is 35.5. The molecule has 10 nitrogen and oxygen atoms in total. The predicted molar refractivity (Wildman–Crippen MR) is 124 cm³/mol. The van der Waals surface area contributed by atoms with E-state index in [4.69, 9.17) is 14.2 Å². The average Bonchev–Trinajstić information content (AvgIpc) is 2.82. The second kappa shape index (κ2) is 13.5. The Morgan fingerprint density at radius 2 is 1.76 bits per heavy atom. The number of ether oxygens (including phenoxy) is 3. The van der Waals surface area contributed by atoms with E-state index in [1.807, 2.05) is 31.2 Å². The minimum Gasteiger partial charge on any atom is -0.493 e. The number of nitrogens with one attached hydrogen (secondary N) is 3. The molecule has 10 heteroatoms. The molecular weight excluding hydrogens is 428 g/mol. The molecule has 0 fully saturated rings. The largest absolute Gasteiger partial charge is 0.493 e. The summed E-state index contributed by atoms with van der Waals surface area (Å²) in [5, 5.41) is 8.98. The summed E-state index contributed by atoms with van der Waals surface area (Å²) in [6, 6.07) is 12.3. The van der Waals surface area contributed by atoms with Crippen LogP contribution in [-0.4, -0.2) is 57.9 Å². The lowest BCUT2D eigenvalue weighted by molar-refractivity contribution is -0.139. The topological polar surface area (TPSA) is 127 Å². The molecule has 3 N–H and O–H groups in total. The molecule has 2 rings (SSSR count). The predicted octanol–water partition coefficient (Wildman–Crippen LogP) is 1.62. The fraction of sp³-hybridized carbons (Fsp3) is 0.304. The van der Waals surface area contributed by atoms with Gasteiger partial charge in [0.15, 0.2) is 18.1 Å². The molecule has 0 saturated carbocycles. The van der Waals surface area contributed by atoms with Gasteiger partial charge < -0.3 is 24.8 Å². The highest BCUT2D eigenvalue weighted by Crippen LogP contribution is 2.27. The van der Waals surface area contributed by atoms with E-state index in [1.165, 1.54) is 13.3 Å². The van der Waals surface area contributed by atoms with E-state index in [2.05, 4.69) is 21.2 Å². The van der Waals surface area contributed by atoms with Crippen LogP contribution in [0.1, 0.15) is 17.5 Å². The van der Waals surface area contributed by atoms with Crippen LogP contribution < -0.4 is 25.5 Å². The van der Waals surface area contributed by atoms with Crippen molar-refractivity contribution in [1.82, 2.24) is 10.7 Å². The van der Waals surface area contributed by atoms with Crippen LogP contribution in [0.25, 0.3) is 0 Å². The lowest BCUT2D eigenvalue weighted by atomic mass is 10.2. The standard InChI is InChI=1S/C23H28N4O6/c1-16-5-8-18(9-6-16)26-21(28)15-33-19-10-7-17(13-20(19)32-3)14-25-27-23(30)22(29)24-11-4-12-31-2/h5-10,13-14H,4,11-12,15H2,1-3H3,(H,24,29)(H,26,28)(H,27,30)/b25-14-. The number of hydrazone groups is 1. The third-order valence-corrected chi connectivity index (χ3v) is 4.28. The van der Waals surface area contributed by atoms with Gasteiger partial charge in [-0.2, -0.15) is 5.10 Å². The van der Waals surface area contributed by atoms with Gasteiger partial charge in [0.25, 0.3) is 5.91 Å². The molecule has 0 bridgehead atoms. The van der Waals surface area contributed by atoms with Gasteiger partial charge in [0, 0.05) is 25.9 Å². The minimum atomic E-state index is -0.879. The van der Waals surface area contributed by atoms with Gasteiger partial charge in [0.05, 0.1) is 13.3 Å². The van der Waals surface area contributed by atoms with E-state index in [9.17, 15) is 14.4 Å². The second-order valence-electron chi connectivity index (χ2n) is 6.91. The molecule has 2 aromatic carbocycles. The van der Waals surface area contributed by atoms with Crippen molar-refractivity contribution in [2.75, 3.05) is 39.3 Å². The number of benzene rings is 2. The van der Waals surface area contributed by atoms with Gasteiger partial charge in [-0.1, -0.05) is 17.7 Å². The average molecular weight is 456 g/mol. The minimum absolute atomic E-state index is 0.201. The Bertz CT molecular complexity index is 975. The van der Waals surface area contributed by atoms with Crippen molar-refractivity contribution in [3.63, 3.8) is 0 Å². The van der Waals surface area contributed by atoms with E-state index in [1.54, 1.807) is 25.3 Å². The molecule has 0 spiro atoms. The Labute approximate surface area is 192 Å². The van der Waals surface area contributed by atoms with Crippen LogP contribution in [0.5, 0.6) is 11.5 Å². The number of amides is 3. The van der Waals surface area contributed by atoms with Crippen LogP contribution in [-0.2, 0) is 19.1 Å². The summed E-state index contributed by atoms with van der Waals surface area (Å²) < 4.78 is 15.7. The van der Waals surface area contributed by atoms with Crippen LogP contribution in [0.3, 0.4) is 0 Å². The van der Waals surface area contributed by atoms with E-state index >= 15 is 0 Å². The molecular formula is C23H28N4O6. The zero-order chi connectivity index (χ0) is 24.1. The van der Waals surface area contributed by atoms with Gasteiger partial charge in [-0.05, 0) is 49.2 Å². The normalized spacial score (nSPS) is 10.5. The zero-order valence-corrected chi connectivity index (χ0v) is 18.8. The van der Waals surface area contributed by atoms with Gasteiger partial charge in [0.1, 0.15) is 0 Å². The summed E-state index contributed by atoms with van der Waals surface area (Å²) in [6.45, 7) is 2.57. The van der Waals surface area contributed by atoms with Gasteiger partial charge in [-0.15, -0.1) is 0 Å². The van der Waals surface area contributed by atoms with Crippen molar-refractivity contribution in [3.05, 3.63) is 53.6 Å². The fourth-order valence-electron chi connectivity index (χ4n) is 2.58. The van der Waals surface area contributed by atoms with E-state index in [0.717, 1.165) is 5.56 Å². The highest BCUT2D eigenvalue weighted by Gasteiger charge is 2.12. The molecule has 2 aromatic rings. The zero-order valence-electron chi connectivity index (χ0n) is 18.8. The number of hydrogen-bond acceptors (Lipinski definition) is 7. The molecule has 0 radical (unpaired) electrons. The summed E-state index contributed by atoms with van der Waals surface area (Å²) >= 11 is 0. The van der Waals surface area contributed by atoms with Gasteiger partial charge in [-0.25, -0.2) is 5.43 Å².